The Labute approximate surface area is 232 Å². The number of amides is 1. The summed E-state index contributed by atoms with van der Waals surface area (Å²) in [6.07, 6.45) is 0.450. The first-order valence-corrected chi connectivity index (χ1v) is 14.1. The lowest BCUT2D eigenvalue weighted by molar-refractivity contribution is 0.0852. The van der Waals surface area contributed by atoms with Crippen molar-refractivity contribution in [1.82, 2.24) is 24.4 Å². The molecule has 0 radical (unpaired) electrons. The first kappa shape index (κ1) is 28.0. The number of hydrogen-bond donors (Lipinski definition) is 1. The number of nitrogens with zero attached hydrogens (tertiary/aromatic N) is 6. The molecule has 4 heterocycles. The summed E-state index contributed by atoms with van der Waals surface area (Å²) in [5, 5.41) is 3.44. The van der Waals surface area contributed by atoms with Gasteiger partial charge in [-0.15, -0.1) is 0 Å². The van der Waals surface area contributed by atoms with Gasteiger partial charge in [0.1, 0.15) is 11.6 Å². The van der Waals surface area contributed by atoms with E-state index in [0.29, 0.717) is 74.6 Å². The molecular weight excluding hydrogens is 520 g/mol. The summed E-state index contributed by atoms with van der Waals surface area (Å²) < 4.78 is 40.6. The maximum atomic E-state index is 14.1. The Morgan fingerprint density at radius 1 is 1.10 bits per heavy atom. The molecule has 1 amide bonds. The number of ether oxygens (including phenoxy) is 2. The molecule has 3 aromatic rings. The Bertz CT molecular complexity index is 1290. The minimum Gasteiger partial charge on any atom is -0.449 e. The smallest absolute Gasteiger partial charge is 0.409 e. The summed E-state index contributed by atoms with van der Waals surface area (Å²) in [7, 11) is 0. The van der Waals surface area contributed by atoms with Crippen LogP contribution in [-0.2, 0) is 9.47 Å². The third-order valence-corrected chi connectivity index (χ3v) is 7.63. The van der Waals surface area contributed by atoms with Gasteiger partial charge in [-0.1, -0.05) is 25.5 Å². The van der Waals surface area contributed by atoms with Crippen molar-refractivity contribution in [2.24, 2.45) is 5.92 Å². The third kappa shape index (κ3) is 6.27. The highest BCUT2D eigenvalue weighted by Crippen LogP contribution is 2.30. The molecule has 0 bridgehead atoms. The number of aromatic nitrogens is 4. The maximum absolute atomic E-state index is 14.1. The van der Waals surface area contributed by atoms with Crippen LogP contribution < -0.4 is 10.2 Å². The van der Waals surface area contributed by atoms with Crippen molar-refractivity contribution in [3.8, 4) is 5.82 Å². The topological polar surface area (TPSA) is 97.6 Å². The second kappa shape index (κ2) is 12.8. The Kier molecular flexibility index (Phi) is 8.93. The average molecular weight is 558 g/mol. The van der Waals surface area contributed by atoms with Gasteiger partial charge in [0.25, 0.3) is 6.43 Å². The molecule has 1 aromatic carbocycles. The van der Waals surface area contributed by atoms with Crippen LogP contribution in [-0.4, -0.2) is 82.6 Å². The van der Waals surface area contributed by atoms with E-state index in [1.54, 1.807) is 35.2 Å². The molecular formula is C28H37F2N7O3. The fourth-order valence-corrected chi connectivity index (χ4v) is 5.29. The van der Waals surface area contributed by atoms with E-state index in [2.05, 4.69) is 29.0 Å². The predicted molar refractivity (Wildman–Crippen MR) is 148 cm³/mol. The van der Waals surface area contributed by atoms with Crippen LogP contribution in [0.25, 0.3) is 16.9 Å². The number of imidazole rings is 1. The van der Waals surface area contributed by atoms with Gasteiger partial charge >= 0.3 is 6.09 Å². The highest BCUT2D eigenvalue weighted by molar-refractivity contribution is 5.78. The van der Waals surface area contributed by atoms with Gasteiger partial charge in [-0.05, 0) is 44.2 Å². The number of halogens is 2. The Balaban J connectivity index is 1.38. The van der Waals surface area contributed by atoms with Crippen LogP contribution in [0.5, 0.6) is 0 Å². The number of carbonyl (C=O) groups is 1. The number of rotatable bonds is 9. The minimum atomic E-state index is -2.77. The number of anilines is 2. The summed E-state index contributed by atoms with van der Waals surface area (Å²) in [5.74, 6) is 1.27. The fourth-order valence-electron chi connectivity index (χ4n) is 5.29. The van der Waals surface area contributed by atoms with Gasteiger partial charge in [0, 0.05) is 38.3 Å². The SMILES string of the molecule is CCCCOC(=O)N1CCC(C(C)Nc2nc(N3CCOCC3)cc(-n3c(C(F)F)nc4ccccc43)n2)CC1. The largest absolute Gasteiger partial charge is 0.449 e. The van der Waals surface area contributed by atoms with E-state index in [9.17, 15) is 13.6 Å². The normalized spacial score (nSPS) is 17.4. The van der Waals surface area contributed by atoms with Gasteiger partial charge in [-0.25, -0.2) is 18.6 Å². The summed E-state index contributed by atoms with van der Waals surface area (Å²) in [6.45, 7) is 8.25. The molecule has 10 nitrogen and oxygen atoms in total. The van der Waals surface area contributed by atoms with E-state index in [4.69, 9.17) is 19.4 Å². The number of likely N-dealkylation sites (tertiary alicyclic amines) is 1. The first-order valence-electron chi connectivity index (χ1n) is 14.1. The first-order chi connectivity index (χ1) is 19.4. The van der Waals surface area contributed by atoms with Gasteiger partial charge in [-0.2, -0.15) is 9.97 Å². The number of piperidine rings is 1. The summed E-state index contributed by atoms with van der Waals surface area (Å²) in [4.78, 5) is 29.9. The summed E-state index contributed by atoms with van der Waals surface area (Å²) >= 11 is 0. The maximum Gasteiger partial charge on any atom is 0.409 e. The number of unbranched alkanes of at least 4 members (excludes halogenated alkanes) is 1. The van der Waals surface area contributed by atoms with Crippen molar-refractivity contribution in [1.29, 1.82) is 0 Å². The minimum absolute atomic E-state index is 0.000140. The molecule has 40 heavy (non-hydrogen) atoms. The molecule has 0 spiro atoms. The van der Waals surface area contributed by atoms with Crippen LogP contribution in [0.3, 0.4) is 0 Å². The molecule has 2 saturated heterocycles. The van der Waals surface area contributed by atoms with E-state index < -0.39 is 6.43 Å². The Hall–Kier alpha value is -3.54. The fraction of sp³-hybridized carbons (Fsp3) is 0.571. The van der Waals surface area contributed by atoms with Gasteiger partial charge in [0.2, 0.25) is 5.95 Å². The van der Waals surface area contributed by atoms with Crippen LogP contribution in [0.15, 0.2) is 30.3 Å². The number of benzene rings is 1. The zero-order valence-electron chi connectivity index (χ0n) is 23.1. The van der Waals surface area contributed by atoms with Gasteiger partial charge in [0.15, 0.2) is 5.82 Å². The van der Waals surface area contributed by atoms with E-state index in [0.717, 1.165) is 25.7 Å². The number of fused-ring (bicyclic) bond motifs is 1. The van der Waals surface area contributed by atoms with Crippen molar-refractivity contribution in [3.05, 3.63) is 36.2 Å². The predicted octanol–water partition coefficient (Wildman–Crippen LogP) is 5.04. The lowest BCUT2D eigenvalue weighted by atomic mass is 9.90. The highest BCUT2D eigenvalue weighted by Gasteiger charge is 2.28. The highest BCUT2D eigenvalue weighted by atomic mass is 19.3. The lowest BCUT2D eigenvalue weighted by Gasteiger charge is -2.34. The van der Waals surface area contributed by atoms with Crippen LogP contribution in [0.1, 0.15) is 51.8 Å². The molecule has 0 aliphatic carbocycles. The molecule has 0 saturated carbocycles. The monoisotopic (exact) mass is 557 g/mol. The average Bonchev–Trinajstić information content (AvgIpc) is 3.38. The van der Waals surface area contributed by atoms with Crippen molar-refractivity contribution in [2.75, 3.05) is 56.2 Å². The molecule has 1 atom stereocenters. The van der Waals surface area contributed by atoms with Gasteiger partial charge in [0.05, 0.1) is 30.9 Å². The number of hydrogen-bond acceptors (Lipinski definition) is 8. The van der Waals surface area contributed by atoms with Crippen LogP contribution in [0.2, 0.25) is 0 Å². The van der Waals surface area contributed by atoms with Crippen molar-refractivity contribution < 1.29 is 23.0 Å². The van der Waals surface area contributed by atoms with Crippen molar-refractivity contribution in [2.45, 2.75) is 52.0 Å². The van der Waals surface area contributed by atoms with Crippen LogP contribution >= 0.6 is 0 Å². The third-order valence-electron chi connectivity index (χ3n) is 7.63. The van der Waals surface area contributed by atoms with Crippen molar-refractivity contribution in [3.63, 3.8) is 0 Å². The quantitative estimate of drug-likeness (QED) is 0.366. The van der Waals surface area contributed by atoms with Crippen LogP contribution in [0, 0.1) is 5.92 Å². The number of carbonyl (C=O) groups excluding carboxylic acids is 1. The van der Waals surface area contributed by atoms with E-state index in [1.807, 2.05) is 0 Å². The molecule has 2 aliphatic heterocycles. The molecule has 2 fully saturated rings. The standard InChI is InChI=1S/C28H37F2N7O3/c1-3-4-15-40-28(38)36-11-9-20(10-12-36)19(2)31-27-33-23(35-13-16-39-17-14-35)18-24(34-27)37-22-8-6-5-7-21(22)32-26(37)25(29)30/h5-8,18-20,25H,3-4,9-17H2,1-2H3,(H,31,33,34). The molecule has 1 unspecified atom stereocenters. The Morgan fingerprint density at radius 3 is 2.55 bits per heavy atom. The van der Waals surface area contributed by atoms with Gasteiger partial charge < -0.3 is 24.6 Å². The summed E-state index contributed by atoms with van der Waals surface area (Å²) in [6, 6.07) is 8.80. The zero-order valence-corrected chi connectivity index (χ0v) is 23.1. The number of morpholine rings is 1. The molecule has 2 aliphatic rings. The molecule has 216 valence electrons. The number of para-hydroxylation sites is 2. The van der Waals surface area contributed by atoms with E-state index >= 15 is 0 Å². The number of alkyl halides is 2. The second-order valence-corrected chi connectivity index (χ2v) is 10.3. The zero-order chi connectivity index (χ0) is 28.1. The van der Waals surface area contributed by atoms with Crippen molar-refractivity contribution >= 4 is 28.9 Å². The molecule has 1 N–H and O–H groups in total. The van der Waals surface area contributed by atoms with Crippen LogP contribution in [0.4, 0.5) is 25.3 Å². The molecule has 12 heteroatoms. The molecule has 5 rings (SSSR count). The van der Waals surface area contributed by atoms with Gasteiger partial charge in [-0.3, -0.25) is 4.57 Å². The van der Waals surface area contributed by atoms with E-state index in [1.165, 1.54) is 4.57 Å². The summed E-state index contributed by atoms with van der Waals surface area (Å²) in [5.41, 5.74) is 1.04. The second-order valence-electron chi connectivity index (χ2n) is 10.3. The number of nitrogens with one attached hydrogen (secondary N) is 1. The van der Waals surface area contributed by atoms with E-state index in [-0.39, 0.29) is 23.9 Å². The lowest BCUT2D eigenvalue weighted by Crippen LogP contribution is -2.42. The molecule has 2 aromatic heterocycles. The Morgan fingerprint density at radius 2 is 1.82 bits per heavy atom.